The molecule has 5 nitrogen and oxygen atoms in total. The number of nitrogens with one attached hydrogen (secondary N) is 1. The van der Waals surface area contributed by atoms with Crippen LogP contribution in [0.25, 0.3) is 0 Å². The number of carboxylic acid groups (broad SMARTS) is 1. The molecule has 1 amide bonds. The molecule has 0 aromatic heterocycles. The predicted octanol–water partition coefficient (Wildman–Crippen LogP) is 3.80. The number of benzene rings is 1. The average Bonchev–Trinajstić information content (AvgIpc) is 3.03. The maximum absolute atomic E-state index is 12.5. The molecule has 0 heterocycles. The first-order valence-electron chi connectivity index (χ1n) is 8.56. The third-order valence-corrected chi connectivity index (χ3v) is 5.32. The number of carboxylic acids is 1. The summed E-state index contributed by atoms with van der Waals surface area (Å²) in [7, 11) is 0. The van der Waals surface area contributed by atoms with Crippen LogP contribution in [0, 0.1) is 11.3 Å². The second-order valence-corrected chi connectivity index (χ2v) is 7.10. The SMILES string of the molecule is O=C(O)CC(NC(=O)C1CC12CCCC2)c1ccc(OC(F)(F)F)cc1. The Morgan fingerprint density at radius 1 is 1.23 bits per heavy atom. The van der Waals surface area contributed by atoms with Crippen LogP contribution in [-0.4, -0.2) is 23.3 Å². The minimum Gasteiger partial charge on any atom is -0.481 e. The van der Waals surface area contributed by atoms with Crippen LogP contribution >= 0.6 is 0 Å². The number of halogens is 3. The quantitative estimate of drug-likeness (QED) is 0.798. The third-order valence-electron chi connectivity index (χ3n) is 5.32. The van der Waals surface area contributed by atoms with Crippen molar-refractivity contribution in [1.29, 1.82) is 0 Å². The van der Waals surface area contributed by atoms with E-state index in [4.69, 9.17) is 5.11 Å². The molecule has 2 N–H and O–H groups in total. The minimum absolute atomic E-state index is 0.0856. The van der Waals surface area contributed by atoms with Crippen LogP contribution < -0.4 is 10.1 Å². The Kier molecular flexibility index (Phi) is 4.86. The summed E-state index contributed by atoms with van der Waals surface area (Å²) in [5.74, 6) is -1.76. The fraction of sp³-hybridized carbons (Fsp3) is 0.556. The lowest BCUT2D eigenvalue weighted by atomic mass is 10.00. The van der Waals surface area contributed by atoms with Crippen LogP contribution in [0.4, 0.5) is 13.2 Å². The first-order valence-corrected chi connectivity index (χ1v) is 8.56. The van der Waals surface area contributed by atoms with E-state index in [0.29, 0.717) is 5.56 Å². The zero-order valence-electron chi connectivity index (χ0n) is 14.0. The molecule has 2 fully saturated rings. The van der Waals surface area contributed by atoms with E-state index in [1.807, 2.05) is 0 Å². The molecule has 2 aliphatic rings. The molecule has 2 aliphatic carbocycles. The van der Waals surface area contributed by atoms with Gasteiger partial charge in [-0.15, -0.1) is 13.2 Å². The Morgan fingerprint density at radius 2 is 1.85 bits per heavy atom. The van der Waals surface area contributed by atoms with Crippen molar-refractivity contribution in [3.8, 4) is 5.75 Å². The van der Waals surface area contributed by atoms with E-state index in [0.717, 1.165) is 44.2 Å². The van der Waals surface area contributed by atoms with Crippen molar-refractivity contribution >= 4 is 11.9 Å². The topological polar surface area (TPSA) is 75.6 Å². The molecular formula is C18H20F3NO4. The largest absolute Gasteiger partial charge is 0.573 e. The van der Waals surface area contributed by atoms with Gasteiger partial charge in [0.05, 0.1) is 12.5 Å². The summed E-state index contributed by atoms with van der Waals surface area (Å²) < 4.78 is 40.5. The van der Waals surface area contributed by atoms with E-state index in [1.54, 1.807) is 0 Å². The number of aliphatic carboxylic acids is 1. The number of hydrogen-bond donors (Lipinski definition) is 2. The Hall–Kier alpha value is -2.25. The van der Waals surface area contributed by atoms with E-state index >= 15 is 0 Å². The van der Waals surface area contributed by atoms with E-state index in [2.05, 4.69) is 10.1 Å². The Morgan fingerprint density at radius 3 is 2.38 bits per heavy atom. The van der Waals surface area contributed by atoms with Gasteiger partial charge < -0.3 is 15.2 Å². The zero-order valence-corrected chi connectivity index (χ0v) is 14.0. The second kappa shape index (κ2) is 6.81. The summed E-state index contributed by atoms with van der Waals surface area (Å²) in [6, 6.07) is 4.11. The third kappa shape index (κ3) is 4.28. The fourth-order valence-corrected chi connectivity index (χ4v) is 3.95. The summed E-state index contributed by atoms with van der Waals surface area (Å²) in [6.45, 7) is 0. The Labute approximate surface area is 148 Å². The number of rotatable bonds is 6. The van der Waals surface area contributed by atoms with Crippen LogP contribution in [-0.2, 0) is 9.59 Å². The molecular weight excluding hydrogens is 351 g/mol. The smallest absolute Gasteiger partial charge is 0.481 e. The van der Waals surface area contributed by atoms with Gasteiger partial charge in [-0.1, -0.05) is 25.0 Å². The minimum atomic E-state index is -4.79. The molecule has 0 saturated heterocycles. The fourth-order valence-electron chi connectivity index (χ4n) is 3.95. The molecule has 8 heteroatoms. The van der Waals surface area contributed by atoms with E-state index in [-0.39, 0.29) is 23.7 Å². The highest BCUT2D eigenvalue weighted by atomic mass is 19.4. The van der Waals surface area contributed by atoms with Crippen LogP contribution in [0.1, 0.15) is 50.1 Å². The molecule has 0 aliphatic heterocycles. The van der Waals surface area contributed by atoms with Crippen LogP contribution in [0.3, 0.4) is 0 Å². The summed E-state index contributed by atoms with van der Waals surface area (Å²) in [5, 5.41) is 11.9. The van der Waals surface area contributed by atoms with Crippen molar-refractivity contribution in [2.45, 2.75) is 50.9 Å². The number of amides is 1. The molecule has 1 aromatic rings. The molecule has 2 unspecified atom stereocenters. The molecule has 1 aromatic carbocycles. The lowest BCUT2D eigenvalue weighted by molar-refractivity contribution is -0.274. The highest BCUT2D eigenvalue weighted by Gasteiger charge is 2.58. The molecule has 0 bridgehead atoms. The summed E-state index contributed by atoms with van der Waals surface area (Å²) in [4.78, 5) is 23.6. The summed E-state index contributed by atoms with van der Waals surface area (Å²) >= 11 is 0. The van der Waals surface area contributed by atoms with Gasteiger partial charge in [0.15, 0.2) is 0 Å². The van der Waals surface area contributed by atoms with E-state index in [1.165, 1.54) is 12.1 Å². The summed E-state index contributed by atoms with van der Waals surface area (Å²) in [6.07, 6.45) is -0.0258. The van der Waals surface area contributed by atoms with Crippen molar-refractivity contribution in [2.75, 3.05) is 0 Å². The van der Waals surface area contributed by atoms with Crippen LogP contribution in [0.2, 0.25) is 0 Å². The van der Waals surface area contributed by atoms with Gasteiger partial charge in [-0.25, -0.2) is 0 Å². The molecule has 2 atom stereocenters. The van der Waals surface area contributed by atoms with Crippen molar-refractivity contribution in [3.63, 3.8) is 0 Å². The molecule has 0 radical (unpaired) electrons. The number of alkyl halides is 3. The van der Waals surface area contributed by atoms with Crippen LogP contribution in [0.15, 0.2) is 24.3 Å². The maximum Gasteiger partial charge on any atom is 0.573 e. The lowest BCUT2D eigenvalue weighted by Gasteiger charge is -2.19. The molecule has 2 saturated carbocycles. The highest BCUT2D eigenvalue weighted by molar-refractivity contribution is 5.83. The number of hydrogen-bond acceptors (Lipinski definition) is 3. The average molecular weight is 371 g/mol. The molecule has 142 valence electrons. The normalized spacial score (nSPS) is 22.0. The number of carbonyl (C=O) groups is 2. The van der Waals surface area contributed by atoms with Gasteiger partial charge in [0.2, 0.25) is 5.91 Å². The van der Waals surface area contributed by atoms with Gasteiger partial charge >= 0.3 is 12.3 Å². The second-order valence-electron chi connectivity index (χ2n) is 7.10. The lowest BCUT2D eigenvalue weighted by Crippen LogP contribution is -2.32. The first kappa shape index (κ1) is 18.5. The summed E-state index contributed by atoms with van der Waals surface area (Å²) in [5.41, 5.74) is 0.513. The number of carbonyl (C=O) groups excluding carboxylic acids is 1. The van der Waals surface area contributed by atoms with Crippen molar-refractivity contribution in [3.05, 3.63) is 29.8 Å². The number of ether oxygens (including phenoxy) is 1. The molecule has 3 rings (SSSR count). The Balaban J connectivity index is 1.68. The Bertz CT molecular complexity index is 681. The van der Waals surface area contributed by atoms with Crippen molar-refractivity contribution in [1.82, 2.24) is 5.32 Å². The van der Waals surface area contributed by atoms with Gasteiger partial charge in [-0.2, -0.15) is 0 Å². The van der Waals surface area contributed by atoms with Gasteiger partial charge in [0, 0.05) is 5.92 Å². The zero-order chi connectivity index (χ0) is 18.9. The molecule has 26 heavy (non-hydrogen) atoms. The molecule has 1 spiro atoms. The van der Waals surface area contributed by atoms with Crippen molar-refractivity contribution in [2.24, 2.45) is 11.3 Å². The van der Waals surface area contributed by atoms with Gasteiger partial charge in [-0.3, -0.25) is 9.59 Å². The predicted molar refractivity (Wildman–Crippen MR) is 85.3 cm³/mol. The first-order chi connectivity index (χ1) is 12.2. The van der Waals surface area contributed by atoms with E-state index in [9.17, 15) is 22.8 Å². The standard InChI is InChI=1S/C18H20F3NO4/c19-18(20,21)26-12-5-3-11(4-6-12)14(9-15(23)24)22-16(25)13-10-17(13)7-1-2-8-17/h3-6,13-14H,1-2,7-10H2,(H,22,25)(H,23,24). The van der Waals surface area contributed by atoms with Gasteiger partial charge in [0.25, 0.3) is 0 Å². The van der Waals surface area contributed by atoms with Crippen LogP contribution in [0.5, 0.6) is 5.75 Å². The monoisotopic (exact) mass is 371 g/mol. The highest BCUT2D eigenvalue weighted by Crippen LogP contribution is 2.62. The maximum atomic E-state index is 12.5. The van der Waals surface area contributed by atoms with Crippen molar-refractivity contribution < 1.29 is 32.6 Å². The van der Waals surface area contributed by atoms with Gasteiger partial charge in [0.1, 0.15) is 5.75 Å². The van der Waals surface area contributed by atoms with Gasteiger partial charge in [-0.05, 0) is 42.4 Å². The van der Waals surface area contributed by atoms with E-state index < -0.39 is 24.1 Å².